The van der Waals surface area contributed by atoms with Crippen LogP contribution in [0.2, 0.25) is 0 Å². The molecule has 2 atom stereocenters. The van der Waals surface area contributed by atoms with Gasteiger partial charge in [-0.15, -0.1) is 0 Å². The highest BCUT2D eigenvalue weighted by Gasteiger charge is 2.54. The van der Waals surface area contributed by atoms with Crippen LogP contribution < -0.4 is 0 Å². The van der Waals surface area contributed by atoms with E-state index in [2.05, 4.69) is 26.8 Å². The quantitative estimate of drug-likeness (QED) is 0.584. The van der Waals surface area contributed by atoms with Crippen LogP contribution in [0.4, 0.5) is 4.79 Å². The molecule has 1 aliphatic carbocycles. The van der Waals surface area contributed by atoms with Crippen molar-refractivity contribution < 1.29 is 15.0 Å². The summed E-state index contributed by atoms with van der Waals surface area (Å²) in [4.78, 5) is 8.56. The molecule has 0 aliphatic heterocycles. The number of hydrogen-bond acceptors (Lipinski definition) is 2. The first-order valence-electron chi connectivity index (χ1n) is 3.65. The van der Waals surface area contributed by atoms with Gasteiger partial charge in [-0.05, 0) is 11.3 Å². The molecule has 4 heteroatoms. The van der Waals surface area contributed by atoms with Crippen LogP contribution in [-0.2, 0) is 0 Å². The van der Waals surface area contributed by atoms with E-state index in [0.29, 0.717) is 17.3 Å². The third-order valence-corrected chi connectivity index (χ3v) is 2.51. The molecule has 1 rings (SSSR count). The molecule has 2 N–H and O–H groups in total. The lowest BCUT2D eigenvalue weighted by Crippen LogP contribution is -1.86. The number of nitrogens with zero attached hydrogens (tertiary/aromatic N) is 1. The van der Waals surface area contributed by atoms with E-state index in [4.69, 9.17) is 20.3 Å². The Bertz CT molecular complexity index is 213. The van der Waals surface area contributed by atoms with Gasteiger partial charge in [0.15, 0.2) is 0 Å². The maximum Gasteiger partial charge on any atom is 0.503 e. The van der Waals surface area contributed by atoms with E-state index in [1.807, 2.05) is 0 Å². The van der Waals surface area contributed by atoms with Gasteiger partial charge in [0, 0.05) is 0 Å². The Labute approximate surface area is 71.4 Å². The first kappa shape index (κ1) is 10.8. The second-order valence-electron chi connectivity index (χ2n) is 3.50. The van der Waals surface area contributed by atoms with Crippen molar-refractivity contribution in [2.24, 2.45) is 17.3 Å². The topological polar surface area (TPSA) is 81.3 Å². The van der Waals surface area contributed by atoms with E-state index in [-0.39, 0.29) is 0 Å². The van der Waals surface area contributed by atoms with Crippen LogP contribution in [0.1, 0.15) is 20.8 Å². The van der Waals surface area contributed by atoms with Gasteiger partial charge >= 0.3 is 6.16 Å². The fourth-order valence-corrected chi connectivity index (χ4v) is 1.17. The Morgan fingerprint density at radius 2 is 1.75 bits per heavy atom. The Morgan fingerprint density at radius 3 is 1.75 bits per heavy atom. The predicted octanol–water partition coefficient (Wildman–Crippen LogP) is 2.02. The minimum atomic E-state index is -1.83. The van der Waals surface area contributed by atoms with Crippen molar-refractivity contribution in [3.63, 3.8) is 0 Å². The van der Waals surface area contributed by atoms with Crippen LogP contribution in [0.15, 0.2) is 0 Å². The monoisotopic (exact) mass is 171 g/mol. The first-order valence-corrected chi connectivity index (χ1v) is 3.65. The molecule has 68 valence electrons. The summed E-state index contributed by atoms with van der Waals surface area (Å²) in [6.45, 7) is 6.42. The minimum absolute atomic E-state index is 0.314. The van der Waals surface area contributed by atoms with Crippen LogP contribution >= 0.6 is 0 Å². The molecule has 0 radical (unpaired) electrons. The van der Waals surface area contributed by atoms with Gasteiger partial charge in [-0.25, -0.2) is 4.79 Å². The molecule has 2 unspecified atom stereocenters. The molecule has 12 heavy (non-hydrogen) atoms. The van der Waals surface area contributed by atoms with Crippen molar-refractivity contribution in [3.8, 4) is 6.07 Å². The predicted molar refractivity (Wildman–Crippen MR) is 42.7 cm³/mol. The molecule has 1 saturated carbocycles. The average molecular weight is 171 g/mol. The normalized spacial score (nSPS) is 29.2. The van der Waals surface area contributed by atoms with E-state index < -0.39 is 6.16 Å². The highest BCUT2D eigenvalue weighted by atomic mass is 16.6. The molecule has 0 amide bonds. The summed E-state index contributed by atoms with van der Waals surface area (Å²) in [6, 6.07) is 2.28. The number of carboxylic acid groups (broad SMARTS) is 2. The number of nitriles is 1. The van der Waals surface area contributed by atoms with Crippen LogP contribution in [0, 0.1) is 28.6 Å². The van der Waals surface area contributed by atoms with Crippen molar-refractivity contribution in [1.82, 2.24) is 0 Å². The summed E-state index contributed by atoms with van der Waals surface area (Å²) in [6.07, 6.45) is -1.83. The highest BCUT2D eigenvalue weighted by Crippen LogP contribution is 2.57. The molecule has 1 fully saturated rings. The molecule has 0 heterocycles. The molecule has 0 spiro atoms. The van der Waals surface area contributed by atoms with Crippen molar-refractivity contribution in [2.45, 2.75) is 20.8 Å². The zero-order valence-electron chi connectivity index (χ0n) is 7.40. The third-order valence-electron chi connectivity index (χ3n) is 2.51. The summed E-state index contributed by atoms with van der Waals surface area (Å²) in [7, 11) is 0. The van der Waals surface area contributed by atoms with Crippen LogP contribution in [0.5, 0.6) is 0 Å². The number of hydrogen-bond donors (Lipinski definition) is 2. The van der Waals surface area contributed by atoms with Crippen molar-refractivity contribution in [1.29, 1.82) is 5.26 Å². The number of carbonyl (C=O) groups is 1. The summed E-state index contributed by atoms with van der Waals surface area (Å²) in [5.74, 6) is 0.940. The summed E-state index contributed by atoms with van der Waals surface area (Å²) >= 11 is 0. The Hall–Kier alpha value is -1.24. The van der Waals surface area contributed by atoms with Gasteiger partial charge < -0.3 is 10.2 Å². The molecular formula is C8H13NO3. The zero-order chi connectivity index (χ0) is 9.94. The maximum absolute atomic E-state index is 8.56. The molecule has 0 aromatic heterocycles. The van der Waals surface area contributed by atoms with E-state index in [9.17, 15) is 0 Å². The van der Waals surface area contributed by atoms with E-state index in [1.165, 1.54) is 0 Å². The number of rotatable bonds is 0. The van der Waals surface area contributed by atoms with Gasteiger partial charge in [0.05, 0.1) is 12.0 Å². The van der Waals surface area contributed by atoms with Crippen LogP contribution in [-0.4, -0.2) is 16.4 Å². The Kier molecular flexibility index (Phi) is 3.08. The second-order valence-corrected chi connectivity index (χ2v) is 3.50. The Balaban J connectivity index is 0.000000261. The fraction of sp³-hybridized carbons (Fsp3) is 0.750. The third kappa shape index (κ3) is 2.42. The highest BCUT2D eigenvalue weighted by molar-refractivity contribution is 5.53. The van der Waals surface area contributed by atoms with E-state index in [0.717, 1.165) is 0 Å². The molecule has 4 nitrogen and oxygen atoms in total. The molecule has 0 aromatic carbocycles. The summed E-state index contributed by atoms with van der Waals surface area (Å²) in [5, 5.41) is 22.4. The summed E-state index contributed by atoms with van der Waals surface area (Å²) < 4.78 is 0. The van der Waals surface area contributed by atoms with Gasteiger partial charge in [0.1, 0.15) is 0 Å². The van der Waals surface area contributed by atoms with E-state index >= 15 is 0 Å². The van der Waals surface area contributed by atoms with Crippen LogP contribution in [0.25, 0.3) is 0 Å². The lowest BCUT2D eigenvalue weighted by molar-refractivity contribution is 0.137. The van der Waals surface area contributed by atoms with Gasteiger partial charge in [-0.1, -0.05) is 20.8 Å². The fourth-order valence-electron chi connectivity index (χ4n) is 1.17. The lowest BCUT2D eigenvalue weighted by atomic mass is 10.1. The molecule has 1 aliphatic rings. The average Bonchev–Trinajstić information content (AvgIpc) is 2.31. The van der Waals surface area contributed by atoms with Crippen molar-refractivity contribution in [3.05, 3.63) is 0 Å². The molecule has 0 aromatic rings. The zero-order valence-corrected chi connectivity index (χ0v) is 7.40. The van der Waals surface area contributed by atoms with Crippen molar-refractivity contribution >= 4 is 6.16 Å². The lowest BCUT2D eigenvalue weighted by Gasteiger charge is -1.92. The van der Waals surface area contributed by atoms with Crippen LogP contribution in [0.3, 0.4) is 0 Å². The molecule has 0 saturated heterocycles. The second kappa shape index (κ2) is 3.44. The Morgan fingerprint density at radius 1 is 1.50 bits per heavy atom. The maximum atomic E-state index is 8.56. The first-order chi connectivity index (χ1) is 5.34. The standard InChI is InChI=1S/C7H11N.CH2O3/c1-5-6(4-8)7(5,2)3;2-1(3)4/h5-6H,1-3H3;(H2,2,3,4). The van der Waals surface area contributed by atoms with E-state index in [1.54, 1.807) is 0 Å². The van der Waals surface area contributed by atoms with Gasteiger partial charge in [0.2, 0.25) is 0 Å². The minimum Gasteiger partial charge on any atom is -0.450 e. The van der Waals surface area contributed by atoms with Gasteiger partial charge in [-0.3, -0.25) is 0 Å². The van der Waals surface area contributed by atoms with Crippen molar-refractivity contribution in [2.75, 3.05) is 0 Å². The SMILES string of the molecule is CC1C(C#N)C1(C)C.O=C(O)O. The smallest absolute Gasteiger partial charge is 0.450 e. The van der Waals surface area contributed by atoms with Gasteiger partial charge in [0.25, 0.3) is 0 Å². The van der Waals surface area contributed by atoms with Gasteiger partial charge in [-0.2, -0.15) is 5.26 Å². The molecular weight excluding hydrogens is 158 g/mol. The summed E-state index contributed by atoms with van der Waals surface area (Å²) in [5.41, 5.74) is 0.314. The largest absolute Gasteiger partial charge is 0.503 e. The molecule has 0 bridgehead atoms.